The second kappa shape index (κ2) is 9.88. The van der Waals surface area contributed by atoms with Crippen molar-refractivity contribution < 1.29 is 27.8 Å². The standard InChI is InChI=1S/C21H25F2N5O4/c1-3-31-21(32-4-2)11-28(12-21)18-16(22)8-14(9-26-18)15-7-5-6-13(17(15)23)10-30-20(29)27-19(24)25/h5-9H,3-4,10-12H2,1-2H3,(H4,24,25,27,29). The van der Waals surface area contributed by atoms with Crippen molar-refractivity contribution in [3.8, 4) is 11.1 Å². The highest BCUT2D eigenvalue weighted by Crippen LogP contribution is 2.34. The molecule has 1 amide bonds. The van der Waals surface area contributed by atoms with Crippen LogP contribution in [0, 0.1) is 17.0 Å². The van der Waals surface area contributed by atoms with Crippen molar-refractivity contribution in [2.75, 3.05) is 31.2 Å². The summed E-state index contributed by atoms with van der Waals surface area (Å²) in [7, 11) is 0. The van der Waals surface area contributed by atoms with E-state index in [4.69, 9.17) is 25.4 Å². The van der Waals surface area contributed by atoms with Crippen molar-refractivity contribution in [3.63, 3.8) is 0 Å². The molecule has 32 heavy (non-hydrogen) atoms. The Morgan fingerprint density at radius 2 is 1.97 bits per heavy atom. The molecule has 1 fully saturated rings. The molecular weight excluding hydrogens is 424 g/mol. The number of guanidine groups is 1. The summed E-state index contributed by atoms with van der Waals surface area (Å²) in [6, 6.07) is 5.66. The van der Waals surface area contributed by atoms with Crippen molar-refractivity contribution in [2.45, 2.75) is 26.2 Å². The fourth-order valence-corrected chi connectivity index (χ4v) is 3.45. The van der Waals surface area contributed by atoms with Gasteiger partial charge in [0.25, 0.3) is 0 Å². The number of aromatic nitrogens is 1. The minimum atomic E-state index is -0.982. The number of hydrogen-bond donors (Lipinski definition) is 3. The van der Waals surface area contributed by atoms with E-state index in [1.807, 2.05) is 19.2 Å². The maximum absolute atomic E-state index is 14.9. The molecule has 1 aromatic heterocycles. The summed E-state index contributed by atoms with van der Waals surface area (Å²) in [6.07, 6.45) is 0.398. The van der Waals surface area contributed by atoms with Crippen LogP contribution in [-0.2, 0) is 20.8 Å². The topological polar surface area (TPSA) is 123 Å². The van der Waals surface area contributed by atoms with Crippen LogP contribution in [0.5, 0.6) is 0 Å². The van der Waals surface area contributed by atoms with Crippen LogP contribution in [0.4, 0.5) is 19.4 Å². The molecule has 11 heteroatoms. The lowest BCUT2D eigenvalue weighted by molar-refractivity contribution is -0.245. The third-order valence-electron chi connectivity index (χ3n) is 4.78. The van der Waals surface area contributed by atoms with Gasteiger partial charge in [0.2, 0.25) is 5.79 Å². The molecule has 0 aliphatic carbocycles. The Hall–Kier alpha value is -3.31. The number of benzene rings is 1. The highest BCUT2D eigenvalue weighted by Gasteiger charge is 2.46. The van der Waals surface area contributed by atoms with Crippen molar-refractivity contribution in [3.05, 3.63) is 47.7 Å². The lowest BCUT2D eigenvalue weighted by atomic mass is 10.0. The predicted molar refractivity (Wildman–Crippen MR) is 113 cm³/mol. The summed E-state index contributed by atoms with van der Waals surface area (Å²) in [5.74, 6) is -2.51. The van der Waals surface area contributed by atoms with Crippen LogP contribution in [0.15, 0.2) is 30.5 Å². The molecule has 1 aromatic carbocycles. The quantitative estimate of drug-likeness (QED) is 0.322. The SMILES string of the molecule is CCOC1(OCC)CN(c2ncc(-c3cccc(COC(=O)NC(=N)N)c3F)cc2F)C1. The van der Waals surface area contributed by atoms with Gasteiger partial charge >= 0.3 is 6.09 Å². The van der Waals surface area contributed by atoms with E-state index in [1.165, 1.54) is 24.4 Å². The number of alkyl carbamates (subject to hydrolysis) is 1. The minimum Gasteiger partial charge on any atom is -0.444 e. The molecule has 0 spiro atoms. The van der Waals surface area contributed by atoms with Gasteiger partial charge in [-0.2, -0.15) is 0 Å². The first-order chi connectivity index (χ1) is 15.3. The number of carbonyl (C=O) groups is 1. The molecule has 0 radical (unpaired) electrons. The number of ether oxygens (including phenoxy) is 3. The Labute approximate surface area is 184 Å². The highest BCUT2D eigenvalue weighted by atomic mass is 19.1. The average molecular weight is 449 g/mol. The minimum absolute atomic E-state index is 0.0756. The van der Waals surface area contributed by atoms with Crippen molar-refractivity contribution in [1.29, 1.82) is 5.41 Å². The Balaban J connectivity index is 1.74. The van der Waals surface area contributed by atoms with Gasteiger partial charge in [0.1, 0.15) is 12.4 Å². The largest absolute Gasteiger partial charge is 0.444 e. The van der Waals surface area contributed by atoms with E-state index in [-0.39, 0.29) is 22.5 Å². The fraction of sp³-hybridized carbons (Fsp3) is 0.381. The molecule has 1 aliphatic heterocycles. The van der Waals surface area contributed by atoms with Gasteiger partial charge < -0.3 is 24.8 Å². The van der Waals surface area contributed by atoms with Crippen LogP contribution in [0.25, 0.3) is 11.1 Å². The molecule has 0 bridgehead atoms. The first-order valence-electron chi connectivity index (χ1n) is 10.0. The van der Waals surface area contributed by atoms with Crippen LogP contribution in [0.1, 0.15) is 19.4 Å². The zero-order valence-electron chi connectivity index (χ0n) is 17.8. The average Bonchev–Trinajstić information content (AvgIpc) is 2.71. The molecule has 2 heterocycles. The number of pyridine rings is 1. The fourth-order valence-electron chi connectivity index (χ4n) is 3.45. The number of amides is 1. The van der Waals surface area contributed by atoms with Gasteiger partial charge in [0.15, 0.2) is 17.6 Å². The summed E-state index contributed by atoms with van der Waals surface area (Å²) < 4.78 is 45.9. The smallest absolute Gasteiger partial charge is 0.414 e. The molecule has 2 aromatic rings. The van der Waals surface area contributed by atoms with Gasteiger partial charge in [-0.25, -0.2) is 18.6 Å². The molecule has 3 rings (SSSR count). The molecular formula is C21H25F2N5O4. The number of nitrogens with two attached hydrogens (primary N) is 1. The van der Waals surface area contributed by atoms with Crippen LogP contribution in [0.2, 0.25) is 0 Å². The maximum atomic E-state index is 14.9. The lowest BCUT2D eigenvalue weighted by Gasteiger charge is -2.49. The van der Waals surface area contributed by atoms with E-state index in [0.717, 1.165) is 0 Å². The first kappa shape index (κ1) is 23.4. The lowest BCUT2D eigenvalue weighted by Crippen LogP contribution is -2.65. The zero-order chi connectivity index (χ0) is 23.3. The van der Waals surface area contributed by atoms with Crippen LogP contribution in [0.3, 0.4) is 0 Å². The van der Waals surface area contributed by atoms with E-state index < -0.39 is 36.1 Å². The van der Waals surface area contributed by atoms with Crippen LogP contribution >= 0.6 is 0 Å². The molecule has 0 saturated carbocycles. The summed E-state index contributed by atoms with van der Waals surface area (Å²) >= 11 is 0. The first-order valence-corrected chi connectivity index (χ1v) is 10.0. The second-order valence-corrected chi connectivity index (χ2v) is 7.06. The molecule has 0 unspecified atom stereocenters. The summed E-state index contributed by atoms with van der Waals surface area (Å²) in [5, 5.41) is 8.91. The Bertz CT molecular complexity index is 990. The van der Waals surface area contributed by atoms with Crippen LogP contribution in [-0.4, -0.2) is 49.1 Å². The molecule has 9 nitrogen and oxygen atoms in total. The number of anilines is 1. The van der Waals surface area contributed by atoms with Gasteiger partial charge in [0.05, 0.1) is 13.1 Å². The van der Waals surface area contributed by atoms with Gasteiger partial charge in [-0.1, -0.05) is 18.2 Å². The number of hydrogen-bond acceptors (Lipinski definition) is 7. The summed E-state index contributed by atoms with van der Waals surface area (Å²) in [5.41, 5.74) is 5.46. The van der Waals surface area contributed by atoms with E-state index in [9.17, 15) is 13.6 Å². The monoisotopic (exact) mass is 449 g/mol. The molecule has 0 atom stereocenters. The van der Waals surface area contributed by atoms with E-state index >= 15 is 0 Å². The van der Waals surface area contributed by atoms with Crippen molar-refractivity contribution >= 4 is 17.9 Å². The number of nitrogens with one attached hydrogen (secondary N) is 2. The third-order valence-corrected chi connectivity index (χ3v) is 4.78. The molecule has 4 N–H and O–H groups in total. The number of nitrogens with zero attached hydrogens (tertiary/aromatic N) is 2. The number of rotatable bonds is 8. The van der Waals surface area contributed by atoms with E-state index in [0.29, 0.717) is 26.3 Å². The summed E-state index contributed by atoms with van der Waals surface area (Å²) in [6.45, 7) is 4.94. The number of carbonyl (C=O) groups excluding carboxylic acids is 1. The Morgan fingerprint density at radius 3 is 2.56 bits per heavy atom. The Morgan fingerprint density at radius 1 is 1.28 bits per heavy atom. The van der Waals surface area contributed by atoms with Gasteiger partial charge in [0, 0.05) is 36.1 Å². The molecule has 1 aliphatic rings. The second-order valence-electron chi connectivity index (χ2n) is 7.06. The number of halogens is 2. The molecule has 1 saturated heterocycles. The normalized spacial score (nSPS) is 14.6. The van der Waals surface area contributed by atoms with Crippen molar-refractivity contribution in [1.82, 2.24) is 10.3 Å². The third kappa shape index (κ3) is 5.11. The predicted octanol–water partition coefficient (Wildman–Crippen LogP) is 2.74. The van der Waals surface area contributed by atoms with E-state index in [2.05, 4.69) is 4.98 Å². The van der Waals surface area contributed by atoms with Gasteiger partial charge in [-0.05, 0) is 19.9 Å². The molecule has 172 valence electrons. The van der Waals surface area contributed by atoms with Gasteiger partial charge in [-0.3, -0.25) is 10.7 Å². The van der Waals surface area contributed by atoms with E-state index in [1.54, 1.807) is 11.0 Å². The zero-order valence-corrected chi connectivity index (χ0v) is 17.8. The Kier molecular flexibility index (Phi) is 7.21. The van der Waals surface area contributed by atoms with Gasteiger partial charge in [-0.15, -0.1) is 0 Å². The highest BCUT2D eigenvalue weighted by molar-refractivity contribution is 5.90. The maximum Gasteiger partial charge on any atom is 0.414 e. The van der Waals surface area contributed by atoms with Crippen molar-refractivity contribution in [2.24, 2.45) is 5.73 Å². The summed E-state index contributed by atoms with van der Waals surface area (Å²) in [4.78, 5) is 17.3. The van der Waals surface area contributed by atoms with Crippen LogP contribution < -0.4 is 16.0 Å².